The Morgan fingerprint density at radius 1 is 1.25 bits per heavy atom. The van der Waals surface area contributed by atoms with Crippen LogP contribution in [0.1, 0.15) is 37.9 Å². The number of carboxylic acid groups (broad SMARTS) is 1. The first-order valence-corrected chi connectivity index (χ1v) is 6.56. The molecule has 1 atom stereocenters. The molecule has 1 aromatic rings. The first-order valence-electron chi connectivity index (χ1n) is 6.56. The molecule has 0 radical (unpaired) electrons. The smallest absolute Gasteiger partial charge is 0.408 e. The maximum Gasteiger partial charge on any atom is 0.408 e. The van der Waals surface area contributed by atoms with Gasteiger partial charge in [0.15, 0.2) is 11.5 Å². The Bertz CT molecular complexity index is 533. The van der Waals surface area contributed by atoms with E-state index < -0.39 is 11.6 Å². The second kappa shape index (κ2) is 4.89. The Kier molecular flexibility index (Phi) is 3.54. The molecule has 5 heteroatoms. The minimum Gasteiger partial charge on any atom is -0.493 e. The van der Waals surface area contributed by atoms with Crippen LogP contribution >= 0.6 is 0 Å². The first kappa shape index (κ1) is 14.5. The average Bonchev–Trinajstić information content (AvgIpc) is 2.33. The van der Waals surface area contributed by atoms with Crippen molar-refractivity contribution >= 4 is 6.09 Å². The van der Waals surface area contributed by atoms with Gasteiger partial charge in [0.25, 0.3) is 0 Å². The van der Waals surface area contributed by atoms with Gasteiger partial charge in [0.1, 0.15) is 0 Å². The number of benzene rings is 1. The van der Waals surface area contributed by atoms with E-state index in [0.717, 1.165) is 11.1 Å². The summed E-state index contributed by atoms with van der Waals surface area (Å²) >= 11 is 0. The van der Waals surface area contributed by atoms with E-state index in [1.165, 1.54) is 4.90 Å². The van der Waals surface area contributed by atoms with Gasteiger partial charge in [0.2, 0.25) is 0 Å². The molecule has 0 aromatic heterocycles. The van der Waals surface area contributed by atoms with Crippen LogP contribution < -0.4 is 9.47 Å². The van der Waals surface area contributed by atoms with Gasteiger partial charge < -0.3 is 14.6 Å². The average molecular weight is 279 g/mol. The lowest BCUT2D eigenvalue weighted by Gasteiger charge is -2.45. The molecule has 1 N–H and O–H groups in total. The highest BCUT2D eigenvalue weighted by Crippen LogP contribution is 2.45. The Labute approximate surface area is 119 Å². The zero-order valence-corrected chi connectivity index (χ0v) is 12.6. The molecule has 0 saturated carbocycles. The highest BCUT2D eigenvalue weighted by atomic mass is 16.5. The molecule has 1 aliphatic rings. The molecule has 5 nitrogen and oxygen atoms in total. The van der Waals surface area contributed by atoms with Crippen molar-refractivity contribution in [2.24, 2.45) is 0 Å². The van der Waals surface area contributed by atoms with Crippen LogP contribution in [0.4, 0.5) is 4.79 Å². The zero-order valence-electron chi connectivity index (χ0n) is 12.6. The number of hydrogen-bond donors (Lipinski definition) is 1. The molecule has 0 heterocycles. The summed E-state index contributed by atoms with van der Waals surface area (Å²) in [6.45, 7) is 5.71. The second-order valence-corrected chi connectivity index (χ2v) is 5.95. The maximum absolute atomic E-state index is 11.5. The number of carbonyl (C=O) groups is 1. The number of ether oxygens (including phenoxy) is 2. The molecule has 2 rings (SSSR count). The molecule has 1 aliphatic carbocycles. The van der Waals surface area contributed by atoms with Crippen molar-refractivity contribution in [3.05, 3.63) is 23.3 Å². The second-order valence-electron chi connectivity index (χ2n) is 5.95. The summed E-state index contributed by atoms with van der Waals surface area (Å²) in [6.07, 6.45) is -0.192. The number of rotatable bonds is 3. The monoisotopic (exact) mass is 279 g/mol. The number of fused-ring (bicyclic) bond motifs is 1. The largest absolute Gasteiger partial charge is 0.493 e. The van der Waals surface area contributed by atoms with Crippen LogP contribution in [-0.2, 0) is 6.42 Å². The third-order valence-electron chi connectivity index (χ3n) is 3.66. The molecule has 0 spiro atoms. The van der Waals surface area contributed by atoms with Gasteiger partial charge in [0, 0.05) is 5.54 Å². The Morgan fingerprint density at radius 2 is 1.80 bits per heavy atom. The van der Waals surface area contributed by atoms with Crippen molar-refractivity contribution < 1.29 is 19.4 Å². The predicted octanol–water partition coefficient (Wildman–Crippen LogP) is 3.08. The number of amides is 1. The van der Waals surface area contributed by atoms with E-state index >= 15 is 0 Å². The van der Waals surface area contributed by atoms with Crippen molar-refractivity contribution in [3.8, 4) is 11.5 Å². The number of hydrogen-bond acceptors (Lipinski definition) is 3. The van der Waals surface area contributed by atoms with E-state index in [0.29, 0.717) is 17.9 Å². The molecule has 20 heavy (non-hydrogen) atoms. The summed E-state index contributed by atoms with van der Waals surface area (Å²) in [6, 6.07) is 3.68. The lowest BCUT2D eigenvalue weighted by atomic mass is 9.80. The molecule has 110 valence electrons. The van der Waals surface area contributed by atoms with Gasteiger partial charge in [-0.1, -0.05) is 0 Å². The van der Waals surface area contributed by atoms with E-state index in [9.17, 15) is 9.90 Å². The zero-order chi connectivity index (χ0) is 15.1. The van der Waals surface area contributed by atoms with Gasteiger partial charge in [-0.05, 0) is 50.5 Å². The van der Waals surface area contributed by atoms with Crippen LogP contribution in [0, 0.1) is 0 Å². The van der Waals surface area contributed by atoms with Crippen LogP contribution in [0.2, 0.25) is 0 Å². The van der Waals surface area contributed by atoms with Gasteiger partial charge in [-0.25, -0.2) is 4.79 Å². The Balaban J connectivity index is 2.39. The van der Waals surface area contributed by atoms with E-state index in [4.69, 9.17) is 9.47 Å². The van der Waals surface area contributed by atoms with Crippen molar-refractivity contribution in [1.82, 2.24) is 4.90 Å². The molecule has 0 bridgehead atoms. The fourth-order valence-electron chi connectivity index (χ4n) is 2.73. The van der Waals surface area contributed by atoms with Gasteiger partial charge in [-0.2, -0.15) is 0 Å². The highest BCUT2D eigenvalue weighted by molar-refractivity contribution is 5.68. The van der Waals surface area contributed by atoms with E-state index in [-0.39, 0.29) is 6.04 Å². The summed E-state index contributed by atoms with van der Waals surface area (Å²) < 4.78 is 10.6. The summed E-state index contributed by atoms with van der Waals surface area (Å²) in [5, 5.41) is 9.47. The lowest BCUT2D eigenvalue weighted by Crippen LogP contribution is -2.50. The summed E-state index contributed by atoms with van der Waals surface area (Å²) in [5.74, 6) is 1.32. The quantitative estimate of drug-likeness (QED) is 0.923. The fraction of sp³-hybridized carbons (Fsp3) is 0.533. The van der Waals surface area contributed by atoms with Crippen molar-refractivity contribution in [3.63, 3.8) is 0 Å². The lowest BCUT2D eigenvalue weighted by molar-refractivity contribution is 0.0619. The van der Waals surface area contributed by atoms with Crippen LogP contribution in [0.5, 0.6) is 11.5 Å². The van der Waals surface area contributed by atoms with Crippen LogP contribution in [0.15, 0.2) is 12.1 Å². The molecular weight excluding hydrogens is 258 g/mol. The minimum atomic E-state index is -0.900. The maximum atomic E-state index is 11.5. The van der Waals surface area contributed by atoms with Gasteiger partial charge in [0.05, 0.1) is 20.3 Å². The summed E-state index contributed by atoms with van der Waals surface area (Å²) in [4.78, 5) is 13.0. The van der Waals surface area contributed by atoms with Crippen molar-refractivity contribution in [2.45, 2.75) is 38.8 Å². The van der Waals surface area contributed by atoms with Crippen LogP contribution in [-0.4, -0.2) is 35.9 Å². The van der Waals surface area contributed by atoms with E-state index in [2.05, 4.69) is 0 Å². The van der Waals surface area contributed by atoms with E-state index in [1.807, 2.05) is 32.9 Å². The molecule has 0 aliphatic heterocycles. The Hall–Kier alpha value is -1.91. The SMILES string of the molecule is COc1cc2c(cc1OC)C(N(C(=O)O)C(C)(C)C)C2. The highest BCUT2D eigenvalue weighted by Gasteiger charge is 2.40. The van der Waals surface area contributed by atoms with Gasteiger partial charge in [-0.15, -0.1) is 0 Å². The van der Waals surface area contributed by atoms with Crippen molar-refractivity contribution in [2.75, 3.05) is 14.2 Å². The first-order chi connectivity index (χ1) is 9.29. The molecule has 0 fully saturated rings. The van der Waals surface area contributed by atoms with E-state index in [1.54, 1.807) is 14.2 Å². The molecule has 0 saturated heterocycles. The molecule has 1 amide bonds. The predicted molar refractivity (Wildman–Crippen MR) is 75.6 cm³/mol. The summed E-state index contributed by atoms with van der Waals surface area (Å²) in [5.41, 5.74) is 1.67. The topological polar surface area (TPSA) is 59.0 Å². The minimum absolute atomic E-state index is 0.123. The van der Waals surface area contributed by atoms with Gasteiger partial charge >= 0.3 is 6.09 Å². The normalized spacial score (nSPS) is 16.9. The number of methoxy groups -OCH3 is 2. The molecule has 1 unspecified atom stereocenters. The molecular formula is C15H21NO4. The van der Waals surface area contributed by atoms with Crippen LogP contribution in [0.3, 0.4) is 0 Å². The van der Waals surface area contributed by atoms with Gasteiger partial charge in [-0.3, -0.25) is 4.90 Å². The fourth-order valence-corrected chi connectivity index (χ4v) is 2.73. The third-order valence-corrected chi connectivity index (χ3v) is 3.66. The van der Waals surface area contributed by atoms with Crippen LogP contribution in [0.25, 0.3) is 0 Å². The summed E-state index contributed by atoms with van der Waals surface area (Å²) in [7, 11) is 3.18. The third kappa shape index (κ3) is 2.28. The molecule has 1 aromatic carbocycles. The van der Waals surface area contributed by atoms with Crippen molar-refractivity contribution in [1.29, 1.82) is 0 Å². The Morgan fingerprint density at radius 3 is 2.25 bits per heavy atom. The standard InChI is InChI=1S/C15H21NO4/c1-15(2,3)16(14(17)18)11-6-9-7-12(19-4)13(20-5)8-10(9)11/h7-8,11H,6H2,1-5H3,(H,17,18). The number of nitrogens with zero attached hydrogens (tertiary/aromatic N) is 1.